The van der Waals surface area contributed by atoms with E-state index in [-0.39, 0.29) is 5.91 Å². The van der Waals surface area contributed by atoms with Gasteiger partial charge in [0.1, 0.15) is 5.82 Å². The maximum atomic E-state index is 12.5. The molecule has 2 fully saturated rings. The minimum absolute atomic E-state index is 0.204. The maximum absolute atomic E-state index is 12.5. The smallest absolute Gasteiger partial charge is 0.224 e. The Morgan fingerprint density at radius 2 is 2.14 bits per heavy atom. The Morgan fingerprint density at radius 1 is 1.29 bits per heavy atom. The summed E-state index contributed by atoms with van der Waals surface area (Å²) < 4.78 is 0. The van der Waals surface area contributed by atoms with Crippen molar-refractivity contribution in [3.8, 4) is 0 Å². The number of carbonyl (C=O) groups is 1. The number of carbonyl (C=O) groups excluding carboxylic acids is 1. The van der Waals surface area contributed by atoms with Crippen LogP contribution in [0.1, 0.15) is 26.2 Å². The fourth-order valence-electron chi connectivity index (χ4n) is 3.49. The Labute approximate surface area is 172 Å². The summed E-state index contributed by atoms with van der Waals surface area (Å²) in [6, 6.07) is 5.95. The molecule has 0 aliphatic carbocycles. The quantitative estimate of drug-likeness (QED) is 0.531. The lowest BCUT2D eigenvalue weighted by Gasteiger charge is -2.35. The highest BCUT2D eigenvalue weighted by atomic mass is 32.2. The molecule has 28 heavy (non-hydrogen) atoms. The van der Waals surface area contributed by atoms with Crippen LogP contribution in [0.3, 0.4) is 0 Å². The Bertz CT molecular complexity index is 627. The Hall–Kier alpha value is -1.96. The first kappa shape index (κ1) is 20.8. The van der Waals surface area contributed by atoms with Gasteiger partial charge in [0.05, 0.1) is 6.54 Å². The molecule has 2 aliphatic heterocycles. The molecule has 2 saturated heterocycles. The van der Waals surface area contributed by atoms with E-state index in [1.807, 2.05) is 41.1 Å². The van der Waals surface area contributed by atoms with Crippen molar-refractivity contribution < 1.29 is 4.79 Å². The number of nitrogens with one attached hydrogen (secondary N) is 2. The third-order valence-corrected chi connectivity index (χ3v) is 6.44. The second kappa shape index (κ2) is 11.1. The first-order chi connectivity index (χ1) is 13.8. The monoisotopic (exact) mass is 404 g/mol. The molecule has 0 bridgehead atoms. The first-order valence-electron chi connectivity index (χ1n) is 10.3. The fraction of sp³-hybridized carbons (Fsp3) is 0.650. The van der Waals surface area contributed by atoms with Crippen molar-refractivity contribution in [3.05, 3.63) is 24.4 Å². The molecule has 2 aliphatic rings. The number of amides is 1. The average molecular weight is 405 g/mol. The zero-order chi connectivity index (χ0) is 19.6. The van der Waals surface area contributed by atoms with Gasteiger partial charge in [-0.2, -0.15) is 11.8 Å². The number of nitrogens with zero attached hydrogens (tertiary/aromatic N) is 4. The van der Waals surface area contributed by atoms with Crippen molar-refractivity contribution in [2.24, 2.45) is 4.99 Å². The number of piperazine rings is 1. The summed E-state index contributed by atoms with van der Waals surface area (Å²) in [6.45, 7) is 7.52. The van der Waals surface area contributed by atoms with Gasteiger partial charge in [-0.05, 0) is 37.7 Å². The van der Waals surface area contributed by atoms with Crippen LogP contribution in [0, 0.1) is 0 Å². The van der Waals surface area contributed by atoms with Crippen molar-refractivity contribution >= 4 is 29.4 Å². The maximum Gasteiger partial charge on any atom is 0.224 e. The summed E-state index contributed by atoms with van der Waals surface area (Å²) in [4.78, 5) is 25.8. The van der Waals surface area contributed by atoms with Crippen LogP contribution in [-0.4, -0.2) is 78.6 Å². The number of rotatable bonds is 7. The van der Waals surface area contributed by atoms with E-state index in [9.17, 15) is 4.79 Å². The van der Waals surface area contributed by atoms with Crippen molar-refractivity contribution in [1.82, 2.24) is 20.5 Å². The van der Waals surface area contributed by atoms with Crippen LogP contribution in [0.25, 0.3) is 0 Å². The molecule has 1 unspecified atom stereocenters. The van der Waals surface area contributed by atoms with E-state index in [1.165, 1.54) is 18.6 Å². The van der Waals surface area contributed by atoms with Crippen molar-refractivity contribution in [3.63, 3.8) is 0 Å². The fourth-order valence-corrected chi connectivity index (χ4v) is 4.67. The normalized spacial score (nSPS) is 20.3. The zero-order valence-corrected chi connectivity index (χ0v) is 17.6. The Kier molecular flexibility index (Phi) is 8.26. The van der Waals surface area contributed by atoms with E-state index in [4.69, 9.17) is 0 Å². The Balaban J connectivity index is 1.38. The molecule has 8 heteroatoms. The number of pyridine rings is 1. The standard InChI is InChI=1S/C20H32N6OS/c1-2-21-20(24-16-17-6-5-15-28-17)23-10-8-19(27)26-13-11-25(12-14-26)18-7-3-4-9-22-18/h3-4,7,9,17H,2,5-6,8,10-16H2,1H3,(H2,21,23,24). The molecular formula is C20H32N6OS. The van der Waals surface area contributed by atoms with Gasteiger partial charge in [0, 0.05) is 57.1 Å². The number of hydrogen-bond acceptors (Lipinski definition) is 5. The molecule has 1 amide bonds. The summed E-state index contributed by atoms with van der Waals surface area (Å²) >= 11 is 2.02. The summed E-state index contributed by atoms with van der Waals surface area (Å²) in [7, 11) is 0. The van der Waals surface area contributed by atoms with Crippen LogP contribution >= 0.6 is 11.8 Å². The van der Waals surface area contributed by atoms with E-state index >= 15 is 0 Å². The second-order valence-corrected chi connectivity index (χ2v) is 8.50. The van der Waals surface area contributed by atoms with E-state index in [1.54, 1.807) is 0 Å². The molecular weight excluding hydrogens is 372 g/mol. The van der Waals surface area contributed by atoms with Gasteiger partial charge in [-0.15, -0.1) is 0 Å². The van der Waals surface area contributed by atoms with Gasteiger partial charge in [-0.1, -0.05) is 6.07 Å². The predicted molar refractivity (Wildman–Crippen MR) is 117 cm³/mol. The summed E-state index contributed by atoms with van der Waals surface area (Å²) in [6.07, 6.45) is 4.87. The summed E-state index contributed by atoms with van der Waals surface area (Å²) in [5.74, 6) is 3.27. The van der Waals surface area contributed by atoms with Gasteiger partial charge in [0.2, 0.25) is 5.91 Å². The minimum Gasteiger partial charge on any atom is -0.357 e. The van der Waals surface area contributed by atoms with Gasteiger partial charge >= 0.3 is 0 Å². The number of hydrogen-bond donors (Lipinski definition) is 2. The molecule has 7 nitrogen and oxygen atoms in total. The highest BCUT2D eigenvalue weighted by Gasteiger charge is 2.21. The molecule has 154 valence electrons. The number of aliphatic imine (C=N–C) groups is 1. The lowest BCUT2D eigenvalue weighted by atomic mass is 10.2. The third-order valence-electron chi connectivity index (χ3n) is 5.06. The van der Waals surface area contributed by atoms with Crippen LogP contribution < -0.4 is 15.5 Å². The largest absolute Gasteiger partial charge is 0.357 e. The van der Waals surface area contributed by atoms with Crippen LogP contribution in [0.5, 0.6) is 0 Å². The van der Waals surface area contributed by atoms with Gasteiger partial charge in [-0.25, -0.2) is 4.98 Å². The molecule has 0 spiro atoms. The van der Waals surface area contributed by atoms with Crippen molar-refractivity contribution in [1.29, 1.82) is 0 Å². The second-order valence-electron chi connectivity index (χ2n) is 7.09. The van der Waals surface area contributed by atoms with E-state index in [0.29, 0.717) is 18.2 Å². The van der Waals surface area contributed by atoms with E-state index < -0.39 is 0 Å². The number of aromatic nitrogens is 1. The van der Waals surface area contributed by atoms with Crippen LogP contribution in [0.4, 0.5) is 5.82 Å². The minimum atomic E-state index is 0.204. The lowest BCUT2D eigenvalue weighted by molar-refractivity contribution is -0.131. The molecule has 1 aromatic rings. The topological polar surface area (TPSA) is 72.9 Å². The summed E-state index contributed by atoms with van der Waals surface area (Å²) in [5, 5.41) is 7.23. The van der Waals surface area contributed by atoms with Crippen molar-refractivity contribution in [2.45, 2.75) is 31.4 Å². The molecule has 1 atom stereocenters. The van der Waals surface area contributed by atoms with Crippen LogP contribution in [-0.2, 0) is 4.79 Å². The van der Waals surface area contributed by atoms with Gasteiger partial charge in [0.25, 0.3) is 0 Å². The van der Waals surface area contributed by atoms with Crippen LogP contribution in [0.2, 0.25) is 0 Å². The molecule has 3 heterocycles. The lowest BCUT2D eigenvalue weighted by Crippen LogP contribution is -2.49. The average Bonchev–Trinajstić information content (AvgIpc) is 3.26. The van der Waals surface area contributed by atoms with Gasteiger partial charge < -0.3 is 20.4 Å². The molecule has 2 N–H and O–H groups in total. The van der Waals surface area contributed by atoms with Crippen molar-refractivity contribution in [2.75, 3.05) is 56.5 Å². The number of guanidine groups is 1. The summed E-state index contributed by atoms with van der Waals surface area (Å²) in [5.41, 5.74) is 0. The van der Waals surface area contributed by atoms with Gasteiger partial charge in [0.15, 0.2) is 5.96 Å². The number of anilines is 1. The highest BCUT2D eigenvalue weighted by Crippen LogP contribution is 2.26. The Morgan fingerprint density at radius 3 is 2.82 bits per heavy atom. The molecule has 0 aromatic carbocycles. The van der Waals surface area contributed by atoms with E-state index in [0.717, 1.165) is 51.0 Å². The molecule has 3 rings (SSSR count). The highest BCUT2D eigenvalue weighted by molar-refractivity contribution is 8.00. The molecule has 0 radical (unpaired) electrons. The van der Waals surface area contributed by atoms with Crippen LogP contribution in [0.15, 0.2) is 29.4 Å². The number of thioether (sulfide) groups is 1. The van der Waals surface area contributed by atoms with Gasteiger partial charge in [-0.3, -0.25) is 9.79 Å². The first-order valence-corrected chi connectivity index (χ1v) is 11.4. The van der Waals surface area contributed by atoms with E-state index in [2.05, 4.69) is 32.4 Å². The zero-order valence-electron chi connectivity index (χ0n) is 16.8. The predicted octanol–water partition coefficient (Wildman–Crippen LogP) is 1.57. The third kappa shape index (κ3) is 6.29. The molecule has 0 saturated carbocycles. The molecule has 1 aromatic heterocycles. The SMILES string of the molecule is CCNC(=NCC1CCCS1)NCCC(=O)N1CCN(c2ccccn2)CC1.